The molecule has 0 aliphatic carbocycles. The van der Waals surface area contributed by atoms with Crippen LogP contribution in [0.2, 0.25) is 0 Å². The van der Waals surface area contributed by atoms with E-state index in [0.29, 0.717) is 5.92 Å². The topological polar surface area (TPSA) is 32.6 Å². The highest BCUT2D eigenvalue weighted by molar-refractivity contribution is 5.80. The van der Waals surface area contributed by atoms with Gasteiger partial charge in [0.05, 0.1) is 0 Å². The van der Waals surface area contributed by atoms with E-state index in [1.54, 1.807) is 18.3 Å². The molecule has 0 saturated carbocycles. The summed E-state index contributed by atoms with van der Waals surface area (Å²) in [5.74, 6) is 0.863. The van der Waals surface area contributed by atoms with Gasteiger partial charge in [-0.05, 0) is 23.6 Å². The van der Waals surface area contributed by atoms with Gasteiger partial charge in [-0.1, -0.05) is 26.0 Å². The summed E-state index contributed by atoms with van der Waals surface area (Å²) in [6.07, 6.45) is 1.79. The van der Waals surface area contributed by atoms with Gasteiger partial charge >= 0.3 is 0 Å². The summed E-state index contributed by atoms with van der Waals surface area (Å²) < 4.78 is 0. The molecule has 0 fully saturated rings. The number of benzene rings is 1. The van der Waals surface area contributed by atoms with Gasteiger partial charge in [0.1, 0.15) is 5.75 Å². The van der Waals surface area contributed by atoms with Gasteiger partial charge in [0, 0.05) is 12.8 Å². The van der Waals surface area contributed by atoms with Crippen LogP contribution in [0, 0.1) is 5.92 Å². The SMILES string of the molecule is CC(C)CN=Cc1cccc(O)c1. The van der Waals surface area contributed by atoms with E-state index in [-0.39, 0.29) is 5.75 Å². The molecule has 0 amide bonds. The van der Waals surface area contributed by atoms with Gasteiger partial charge in [0.2, 0.25) is 0 Å². The van der Waals surface area contributed by atoms with E-state index in [2.05, 4.69) is 18.8 Å². The number of phenols is 1. The fourth-order valence-corrected chi connectivity index (χ4v) is 0.974. The quantitative estimate of drug-likeness (QED) is 0.707. The smallest absolute Gasteiger partial charge is 0.116 e. The van der Waals surface area contributed by atoms with Crippen LogP contribution < -0.4 is 0 Å². The zero-order valence-electron chi connectivity index (χ0n) is 8.07. The van der Waals surface area contributed by atoms with Crippen molar-refractivity contribution in [2.24, 2.45) is 10.9 Å². The number of hydrogen-bond acceptors (Lipinski definition) is 2. The minimum Gasteiger partial charge on any atom is -0.508 e. The number of nitrogens with zero attached hydrogens (tertiary/aromatic N) is 1. The molecule has 0 aliphatic rings. The van der Waals surface area contributed by atoms with E-state index < -0.39 is 0 Å². The second kappa shape index (κ2) is 4.65. The minimum atomic E-state index is 0.286. The molecule has 0 unspecified atom stereocenters. The highest BCUT2D eigenvalue weighted by Crippen LogP contribution is 2.08. The molecule has 1 N–H and O–H groups in total. The van der Waals surface area contributed by atoms with Gasteiger partial charge in [0.25, 0.3) is 0 Å². The lowest BCUT2D eigenvalue weighted by atomic mass is 10.2. The molecule has 0 spiro atoms. The van der Waals surface area contributed by atoms with Crippen molar-refractivity contribution in [3.8, 4) is 5.75 Å². The van der Waals surface area contributed by atoms with Crippen LogP contribution in [0.4, 0.5) is 0 Å². The first-order valence-corrected chi connectivity index (χ1v) is 4.47. The van der Waals surface area contributed by atoms with Crippen molar-refractivity contribution in [2.45, 2.75) is 13.8 Å². The number of aliphatic imine (C=N–C) groups is 1. The van der Waals surface area contributed by atoms with Gasteiger partial charge in [-0.25, -0.2) is 0 Å². The Morgan fingerprint density at radius 3 is 2.85 bits per heavy atom. The van der Waals surface area contributed by atoms with E-state index in [4.69, 9.17) is 5.11 Å². The second-order valence-electron chi connectivity index (χ2n) is 3.48. The van der Waals surface area contributed by atoms with E-state index >= 15 is 0 Å². The average Bonchev–Trinajstić information content (AvgIpc) is 2.03. The molecular formula is C11H15NO. The van der Waals surface area contributed by atoms with Crippen molar-refractivity contribution in [3.63, 3.8) is 0 Å². The Hall–Kier alpha value is -1.31. The van der Waals surface area contributed by atoms with Crippen LogP contribution in [0.25, 0.3) is 0 Å². The molecule has 70 valence electrons. The predicted molar refractivity (Wildman–Crippen MR) is 55.4 cm³/mol. The van der Waals surface area contributed by atoms with E-state index in [0.717, 1.165) is 12.1 Å². The summed E-state index contributed by atoms with van der Waals surface area (Å²) in [5, 5.41) is 9.16. The first-order chi connectivity index (χ1) is 6.18. The Morgan fingerprint density at radius 1 is 1.46 bits per heavy atom. The maximum atomic E-state index is 9.16. The molecule has 0 bridgehead atoms. The zero-order valence-corrected chi connectivity index (χ0v) is 8.07. The Kier molecular flexibility index (Phi) is 3.50. The van der Waals surface area contributed by atoms with Gasteiger partial charge in [0.15, 0.2) is 0 Å². The Labute approximate surface area is 78.9 Å². The predicted octanol–water partition coefficient (Wildman–Crippen LogP) is 2.47. The van der Waals surface area contributed by atoms with Crippen molar-refractivity contribution in [2.75, 3.05) is 6.54 Å². The third kappa shape index (κ3) is 3.74. The molecule has 2 nitrogen and oxygen atoms in total. The first kappa shape index (κ1) is 9.78. The summed E-state index contributed by atoms with van der Waals surface area (Å²) in [6, 6.07) is 7.08. The Balaban J connectivity index is 2.58. The normalized spacial score (nSPS) is 11.3. The highest BCUT2D eigenvalue weighted by atomic mass is 16.3. The number of phenolic OH excluding ortho intramolecular Hbond substituents is 1. The number of hydrogen-bond donors (Lipinski definition) is 1. The van der Waals surface area contributed by atoms with Gasteiger partial charge < -0.3 is 5.11 Å². The van der Waals surface area contributed by atoms with Crippen molar-refractivity contribution in [1.29, 1.82) is 0 Å². The van der Waals surface area contributed by atoms with Crippen LogP contribution in [0.1, 0.15) is 19.4 Å². The third-order valence-corrected chi connectivity index (χ3v) is 1.58. The van der Waals surface area contributed by atoms with E-state index in [1.165, 1.54) is 0 Å². The second-order valence-corrected chi connectivity index (χ2v) is 3.48. The summed E-state index contributed by atoms with van der Waals surface area (Å²) in [5.41, 5.74) is 0.945. The van der Waals surface area contributed by atoms with Crippen LogP contribution in [-0.2, 0) is 0 Å². The molecular weight excluding hydrogens is 162 g/mol. The summed E-state index contributed by atoms with van der Waals surface area (Å²) in [6.45, 7) is 5.08. The largest absolute Gasteiger partial charge is 0.508 e. The van der Waals surface area contributed by atoms with Crippen LogP contribution >= 0.6 is 0 Å². The van der Waals surface area contributed by atoms with Crippen molar-refractivity contribution in [3.05, 3.63) is 29.8 Å². The number of rotatable bonds is 3. The van der Waals surface area contributed by atoms with Gasteiger partial charge in [-0.15, -0.1) is 0 Å². The Morgan fingerprint density at radius 2 is 2.23 bits per heavy atom. The van der Waals surface area contributed by atoms with E-state index in [1.807, 2.05) is 12.1 Å². The molecule has 0 heterocycles. The fourth-order valence-electron chi connectivity index (χ4n) is 0.974. The van der Waals surface area contributed by atoms with Crippen molar-refractivity contribution >= 4 is 6.21 Å². The van der Waals surface area contributed by atoms with Crippen LogP contribution in [0.5, 0.6) is 5.75 Å². The first-order valence-electron chi connectivity index (χ1n) is 4.47. The lowest BCUT2D eigenvalue weighted by Gasteiger charge is -1.97. The minimum absolute atomic E-state index is 0.286. The van der Waals surface area contributed by atoms with Gasteiger partial charge in [-0.2, -0.15) is 0 Å². The molecule has 2 heteroatoms. The van der Waals surface area contributed by atoms with Gasteiger partial charge in [-0.3, -0.25) is 4.99 Å². The van der Waals surface area contributed by atoms with E-state index in [9.17, 15) is 0 Å². The molecule has 1 aromatic carbocycles. The molecule has 1 rings (SSSR count). The summed E-state index contributed by atoms with van der Waals surface area (Å²) in [4.78, 5) is 4.25. The van der Waals surface area contributed by atoms with Crippen molar-refractivity contribution < 1.29 is 5.11 Å². The monoisotopic (exact) mass is 177 g/mol. The lowest BCUT2D eigenvalue weighted by Crippen LogP contribution is -1.92. The fraction of sp³-hybridized carbons (Fsp3) is 0.364. The Bertz CT molecular complexity index is 292. The average molecular weight is 177 g/mol. The molecule has 0 saturated heterocycles. The molecule has 13 heavy (non-hydrogen) atoms. The molecule has 0 atom stereocenters. The summed E-state index contributed by atoms with van der Waals surface area (Å²) >= 11 is 0. The maximum absolute atomic E-state index is 9.16. The molecule has 0 aliphatic heterocycles. The molecule has 0 aromatic heterocycles. The number of aromatic hydroxyl groups is 1. The summed E-state index contributed by atoms with van der Waals surface area (Å²) in [7, 11) is 0. The standard InChI is InChI=1S/C11H15NO/c1-9(2)7-12-8-10-4-3-5-11(13)6-10/h3-6,8-9,13H,7H2,1-2H3. The zero-order chi connectivity index (χ0) is 9.68. The van der Waals surface area contributed by atoms with Crippen LogP contribution in [0.3, 0.4) is 0 Å². The third-order valence-electron chi connectivity index (χ3n) is 1.58. The highest BCUT2D eigenvalue weighted by Gasteiger charge is 1.91. The van der Waals surface area contributed by atoms with Crippen LogP contribution in [-0.4, -0.2) is 17.9 Å². The van der Waals surface area contributed by atoms with Crippen LogP contribution in [0.15, 0.2) is 29.3 Å². The maximum Gasteiger partial charge on any atom is 0.116 e. The molecule has 1 aromatic rings. The molecule has 0 radical (unpaired) electrons. The van der Waals surface area contributed by atoms with Crippen molar-refractivity contribution in [1.82, 2.24) is 0 Å². The lowest BCUT2D eigenvalue weighted by molar-refractivity contribution is 0.475.